The van der Waals surface area contributed by atoms with Gasteiger partial charge in [-0.1, -0.05) is 30.3 Å². The minimum atomic E-state index is 0.480. The molecule has 3 nitrogen and oxygen atoms in total. The molecule has 0 aliphatic carbocycles. The van der Waals surface area contributed by atoms with Crippen LogP contribution in [0.4, 0.5) is 0 Å². The van der Waals surface area contributed by atoms with E-state index in [4.69, 9.17) is 4.74 Å². The van der Waals surface area contributed by atoms with Crippen molar-refractivity contribution < 1.29 is 9.53 Å². The Bertz CT molecular complexity index is 574. The Balaban J connectivity index is 1.96. The Kier molecular flexibility index (Phi) is 4.45. The van der Waals surface area contributed by atoms with Crippen LogP contribution in [0.1, 0.15) is 16.7 Å². The summed E-state index contributed by atoms with van der Waals surface area (Å²) in [6.07, 6.45) is 5.74. The summed E-state index contributed by atoms with van der Waals surface area (Å²) in [4.78, 5) is 14.4. The Hall–Kier alpha value is -2.42. The van der Waals surface area contributed by atoms with Crippen LogP contribution in [0.15, 0.2) is 48.7 Å². The van der Waals surface area contributed by atoms with Gasteiger partial charge in [-0.15, -0.1) is 0 Å². The van der Waals surface area contributed by atoms with E-state index in [2.05, 4.69) is 4.98 Å². The lowest BCUT2D eigenvalue weighted by molar-refractivity contribution is -0.104. The molecule has 0 fully saturated rings. The number of rotatable bonds is 5. The molecular weight excluding hydrogens is 238 g/mol. The van der Waals surface area contributed by atoms with Crippen molar-refractivity contribution in [2.45, 2.75) is 13.5 Å². The molecule has 0 aliphatic heterocycles. The topological polar surface area (TPSA) is 39.2 Å². The van der Waals surface area contributed by atoms with Gasteiger partial charge >= 0.3 is 0 Å². The maximum atomic E-state index is 10.2. The summed E-state index contributed by atoms with van der Waals surface area (Å²) >= 11 is 0. The first-order valence-electron chi connectivity index (χ1n) is 6.04. The summed E-state index contributed by atoms with van der Waals surface area (Å²) in [7, 11) is 0. The predicted octanol–water partition coefficient (Wildman–Crippen LogP) is 3.18. The number of nitrogens with zero attached hydrogens (tertiary/aromatic N) is 1. The fourth-order valence-electron chi connectivity index (χ4n) is 1.62. The number of ether oxygens (including phenoxy) is 1. The SMILES string of the molecule is Cc1ccnc(OCc2ccc(/C=C/C=O)cc2)c1. The number of carbonyl (C=O) groups excluding carboxylic acids is 1. The summed E-state index contributed by atoms with van der Waals surface area (Å²) < 4.78 is 5.61. The fourth-order valence-corrected chi connectivity index (χ4v) is 1.62. The van der Waals surface area contributed by atoms with Gasteiger partial charge < -0.3 is 4.74 Å². The van der Waals surface area contributed by atoms with E-state index in [-0.39, 0.29) is 0 Å². The average Bonchev–Trinajstić information content (AvgIpc) is 2.44. The van der Waals surface area contributed by atoms with Crippen molar-refractivity contribution >= 4 is 12.4 Å². The van der Waals surface area contributed by atoms with E-state index < -0.39 is 0 Å². The van der Waals surface area contributed by atoms with Gasteiger partial charge in [-0.3, -0.25) is 4.79 Å². The zero-order valence-electron chi connectivity index (χ0n) is 10.7. The summed E-state index contributed by atoms with van der Waals surface area (Å²) in [5.74, 6) is 0.630. The van der Waals surface area contributed by atoms with Crippen molar-refractivity contribution in [3.05, 3.63) is 65.4 Å². The first-order valence-corrected chi connectivity index (χ1v) is 6.04. The van der Waals surface area contributed by atoms with Gasteiger partial charge in [0.25, 0.3) is 0 Å². The van der Waals surface area contributed by atoms with Crippen LogP contribution >= 0.6 is 0 Å². The van der Waals surface area contributed by atoms with Crippen LogP contribution in [0, 0.1) is 6.92 Å². The second kappa shape index (κ2) is 6.50. The minimum Gasteiger partial charge on any atom is -0.473 e. The van der Waals surface area contributed by atoms with Gasteiger partial charge in [0.1, 0.15) is 12.9 Å². The number of carbonyl (C=O) groups is 1. The molecule has 0 amide bonds. The fraction of sp³-hybridized carbons (Fsp3) is 0.125. The minimum absolute atomic E-state index is 0.480. The first-order chi connectivity index (χ1) is 9.28. The molecule has 3 heteroatoms. The average molecular weight is 253 g/mol. The molecule has 2 aromatic rings. The van der Waals surface area contributed by atoms with Crippen LogP contribution in [0.25, 0.3) is 6.08 Å². The molecule has 0 bridgehead atoms. The Morgan fingerprint density at radius 1 is 1.21 bits per heavy atom. The van der Waals surface area contributed by atoms with Gasteiger partial charge in [0.05, 0.1) is 0 Å². The monoisotopic (exact) mass is 253 g/mol. The molecule has 0 aliphatic rings. The van der Waals surface area contributed by atoms with E-state index in [1.54, 1.807) is 12.3 Å². The Morgan fingerprint density at radius 2 is 2.00 bits per heavy atom. The van der Waals surface area contributed by atoms with E-state index in [0.717, 1.165) is 23.0 Å². The molecule has 1 aromatic carbocycles. The van der Waals surface area contributed by atoms with Gasteiger partial charge in [-0.2, -0.15) is 0 Å². The highest BCUT2D eigenvalue weighted by Gasteiger charge is 1.97. The van der Waals surface area contributed by atoms with Crippen molar-refractivity contribution in [2.24, 2.45) is 0 Å². The van der Waals surface area contributed by atoms with Gasteiger partial charge in [-0.25, -0.2) is 4.98 Å². The summed E-state index contributed by atoms with van der Waals surface area (Å²) in [5, 5.41) is 0. The van der Waals surface area contributed by atoms with Gasteiger partial charge in [0.2, 0.25) is 5.88 Å². The van der Waals surface area contributed by atoms with Crippen LogP contribution in [-0.2, 0) is 11.4 Å². The van der Waals surface area contributed by atoms with Crippen LogP contribution in [0.2, 0.25) is 0 Å². The van der Waals surface area contributed by atoms with Crippen LogP contribution in [-0.4, -0.2) is 11.3 Å². The molecule has 19 heavy (non-hydrogen) atoms. The largest absolute Gasteiger partial charge is 0.473 e. The van der Waals surface area contributed by atoms with Crippen molar-refractivity contribution in [3.8, 4) is 5.88 Å². The van der Waals surface area contributed by atoms with E-state index in [1.807, 2.05) is 43.3 Å². The number of pyridine rings is 1. The lowest BCUT2D eigenvalue weighted by Gasteiger charge is -2.06. The maximum Gasteiger partial charge on any atom is 0.213 e. The molecule has 96 valence electrons. The number of hydrogen-bond donors (Lipinski definition) is 0. The van der Waals surface area contributed by atoms with E-state index in [0.29, 0.717) is 12.5 Å². The zero-order chi connectivity index (χ0) is 13.5. The normalized spacial score (nSPS) is 10.6. The molecule has 0 saturated carbocycles. The maximum absolute atomic E-state index is 10.2. The third-order valence-corrected chi connectivity index (χ3v) is 2.62. The molecule has 0 N–H and O–H groups in total. The van der Waals surface area contributed by atoms with E-state index in [9.17, 15) is 4.79 Å². The number of aromatic nitrogens is 1. The third kappa shape index (κ3) is 4.07. The van der Waals surface area contributed by atoms with Crippen LogP contribution < -0.4 is 4.74 Å². The molecular formula is C16H15NO2. The molecule has 2 rings (SSSR count). The summed E-state index contributed by atoms with van der Waals surface area (Å²) in [6.45, 7) is 2.48. The van der Waals surface area contributed by atoms with E-state index in [1.165, 1.54) is 6.08 Å². The van der Waals surface area contributed by atoms with E-state index >= 15 is 0 Å². The molecule has 1 heterocycles. The smallest absolute Gasteiger partial charge is 0.213 e. The number of aldehydes is 1. The highest BCUT2D eigenvalue weighted by atomic mass is 16.5. The second-order valence-corrected chi connectivity index (χ2v) is 4.20. The van der Waals surface area contributed by atoms with Gasteiger partial charge in [0.15, 0.2) is 0 Å². The molecule has 0 spiro atoms. The van der Waals surface area contributed by atoms with Crippen molar-refractivity contribution in [2.75, 3.05) is 0 Å². The number of aryl methyl sites for hydroxylation is 1. The second-order valence-electron chi connectivity index (χ2n) is 4.20. The highest BCUT2D eigenvalue weighted by Crippen LogP contribution is 2.12. The molecule has 0 saturated heterocycles. The quantitative estimate of drug-likeness (QED) is 0.607. The predicted molar refractivity (Wildman–Crippen MR) is 74.8 cm³/mol. The standard InChI is InChI=1S/C16H15NO2/c1-13-8-9-17-16(11-13)19-12-15-6-4-14(5-7-15)3-2-10-18/h2-11H,12H2,1H3/b3-2+. The summed E-state index contributed by atoms with van der Waals surface area (Å²) in [5.41, 5.74) is 3.18. The Morgan fingerprint density at radius 3 is 2.68 bits per heavy atom. The zero-order valence-corrected chi connectivity index (χ0v) is 10.7. The molecule has 0 atom stereocenters. The third-order valence-electron chi connectivity index (χ3n) is 2.62. The first kappa shape index (κ1) is 13.0. The van der Waals surface area contributed by atoms with Crippen LogP contribution in [0.3, 0.4) is 0 Å². The number of allylic oxidation sites excluding steroid dienone is 1. The lowest BCUT2D eigenvalue weighted by Crippen LogP contribution is -1.97. The highest BCUT2D eigenvalue weighted by molar-refractivity contribution is 5.73. The molecule has 1 aromatic heterocycles. The molecule has 0 radical (unpaired) electrons. The van der Waals surface area contributed by atoms with Gasteiger partial charge in [0, 0.05) is 12.3 Å². The Labute approximate surface area is 112 Å². The summed E-state index contributed by atoms with van der Waals surface area (Å²) in [6, 6.07) is 11.7. The van der Waals surface area contributed by atoms with Crippen LogP contribution in [0.5, 0.6) is 5.88 Å². The van der Waals surface area contributed by atoms with Crippen molar-refractivity contribution in [1.82, 2.24) is 4.98 Å². The number of hydrogen-bond acceptors (Lipinski definition) is 3. The van der Waals surface area contributed by atoms with Crippen molar-refractivity contribution in [3.63, 3.8) is 0 Å². The van der Waals surface area contributed by atoms with Gasteiger partial charge in [-0.05, 0) is 35.8 Å². The number of benzene rings is 1. The molecule has 0 unspecified atom stereocenters. The van der Waals surface area contributed by atoms with Crippen molar-refractivity contribution in [1.29, 1.82) is 0 Å². The lowest BCUT2D eigenvalue weighted by atomic mass is 10.1.